The number of hydrogen-bond donors (Lipinski definition) is 4. The summed E-state index contributed by atoms with van der Waals surface area (Å²) in [6.45, 7) is 7.05. The summed E-state index contributed by atoms with van der Waals surface area (Å²) in [5.41, 5.74) is 5.64. The average Bonchev–Trinajstić information content (AvgIpc) is 3.71. The van der Waals surface area contributed by atoms with Gasteiger partial charge in [0.1, 0.15) is 21.4 Å². The second-order valence-corrected chi connectivity index (χ2v) is 18.5. The lowest BCUT2D eigenvalue weighted by atomic mass is 9.72. The summed E-state index contributed by atoms with van der Waals surface area (Å²) >= 11 is 12.6. The van der Waals surface area contributed by atoms with Gasteiger partial charge in [0.25, 0.3) is 15.9 Å². The van der Waals surface area contributed by atoms with Crippen LogP contribution in [0.3, 0.4) is 0 Å². The summed E-state index contributed by atoms with van der Waals surface area (Å²) in [7, 11) is -2.67. The van der Waals surface area contributed by atoms with Crippen molar-refractivity contribution < 1.29 is 27.4 Å². The van der Waals surface area contributed by atoms with E-state index in [0.29, 0.717) is 42.4 Å². The summed E-state index contributed by atoms with van der Waals surface area (Å²) in [6, 6.07) is 19.6. The Morgan fingerprint density at radius 2 is 1.76 bits per heavy atom. The molecule has 0 unspecified atom stereocenters. The zero-order valence-electron chi connectivity index (χ0n) is 33.4. The molecule has 59 heavy (non-hydrogen) atoms. The Morgan fingerprint density at radius 1 is 0.966 bits per heavy atom. The summed E-state index contributed by atoms with van der Waals surface area (Å²) in [5.74, 6) is 0.142. The fourth-order valence-electron chi connectivity index (χ4n) is 7.70. The Labute approximate surface area is 355 Å². The van der Waals surface area contributed by atoms with Gasteiger partial charge in [-0.1, -0.05) is 60.8 Å². The number of carbonyl (C=O) groups excluding carboxylic acids is 1. The van der Waals surface area contributed by atoms with Crippen LogP contribution in [-0.4, -0.2) is 69.0 Å². The van der Waals surface area contributed by atoms with Crippen molar-refractivity contribution in [2.24, 2.45) is 11.3 Å². The maximum atomic E-state index is 13.8. The monoisotopic (exact) mass is 860 g/mol. The van der Waals surface area contributed by atoms with Crippen LogP contribution in [0.15, 0.2) is 89.6 Å². The number of rotatable bonds is 16. The topological polar surface area (TPSA) is 157 Å². The Morgan fingerprint density at radius 3 is 2.53 bits per heavy atom. The minimum absolute atomic E-state index is 0.00170. The van der Waals surface area contributed by atoms with E-state index in [4.69, 9.17) is 37.4 Å². The van der Waals surface area contributed by atoms with E-state index < -0.39 is 15.9 Å². The molecule has 2 aromatic heterocycles. The first-order chi connectivity index (χ1) is 28.4. The molecule has 12 nitrogen and oxygen atoms in total. The molecule has 1 amide bonds. The van der Waals surface area contributed by atoms with Crippen molar-refractivity contribution in [3.8, 4) is 17.4 Å². The molecule has 3 aromatic carbocycles. The predicted molar refractivity (Wildman–Crippen MR) is 232 cm³/mol. The van der Waals surface area contributed by atoms with Crippen LogP contribution in [0.5, 0.6) is 17.4 Å². The molecule has 0 saturated heterocycles. The molecule has 2 aliphatic rings. The lowest BCUT2D eigenvalue weighted by molar-refractivity contribution is 0.0478. The highest BCUT2D eigenvalue weighted by atomic mass is 35.5. The van der Waals surface area contributed by atoms with Gasteiger partial charge < -0.3 is 24.8 Å². The highest BCUT2D eigenvalue weighted by Gasteiger charge is 2.28. The molecule has 0 spiro atoms. The van der Waals surface area contributed by atoms with Crippen molar-refractivity contribution in [2.45, 2.75) is 69.8 Å². The summed E-state index contributed by atoms with van der Waals surface area (Å²) < 4.78 is 46.8. The highest BCUT2D eigenvalue weighted by Crippen LogP contribution is 2.43. The maximum absolute atomic E-state index is 13.8. The third-order valence-corrected chi connectivity index (χ3v) is 13.0. The number of halogens is 2. The average molecular weight is 862 g/mol. The van der Waals surface area contributed by atoms with E-state index in [1.807, 2.05) is 18.2 Å². The van der Waals surface area contributed by atoms with Crippen molar-refractivity contribution in [1.82, 2.24) is 25.2 Å². The normalized spacial score (nSPS) is 18.1. The molecule has 5 aromatic rings. The Bertz CT molecular complexity index is 2410. The number of hydrogen-bond acceptors (Lipinski definition) is 10. The highest BCUT2D eigenvalue weighted by molar-refractivity contribution is 7.90. The number of sulfonamides is 1. The van der Waals surface area contributed by atoms with E-state index in [-0.39, 0.29) is 38.6 Å². The number of methoxy groups -OCH3 is 1. The van der Waals surface area contributed by atoms with Gasteiger partial charge in [-0.05, 0) is 110 Å². The fourth-order valence-corrected chi connectivity index (χ4v) is 9.05. The van der Waals surface area contributed by atoms with E-state index >= 15 is 0 Å². The molecule has 312 valence electrons. The molecule has 0 atom stereocenters. The lowest BCUT2D eigenvalue weighted by Crippen LogP contribution is -2.31. The number of nitrogens with zero attached hydrogens (tertiary/aromatic N) is 2. The molecule has 1 saturated carbocycles. The van der Waals surface area contributed by atoms with Gasteiger partial charge in [-0.15, -0.1) is 0 Å². The fraction of sp³-hybridized carbons (Fsp3) is 0.386. The second-order valence-electron chi connectivity index (χ2n) is 16.0. The number of carbonyl (C=O) groups is 1. The largest absolute Gasteiger partial charge is 0.476 e. The zero-order valence-corrected chi connectivity index (χ0v) is 35.8. The van der Waals surface area contributed by atoms with E-state index in [2.05, 4.69) is 56.5 Å². The first-order valence-corrected chi connectivity index (χ1v) is 22.1. The van der Waals surface area contributed by atoms with E-state index in [9.17, 15) is 13.2 Å². The standard InChI is InChI=1S/C44H50Cl2N6O6S/c1-44(2)18-17-30(36(23-44)29-9-11-31(45)12-10-29)24-47-19-20-48-32-13-16-35(41(21-32)58-40-6-4-5-39-37(40)26-50-51-39)42(53)52-59(54,55)34-22-38(46)43(49-25-34)57-27-28-7-14-33(56-3)15-8-28/h4-6,9-13,16,21-22,25-26,28,33,47-48H,7-8,14-15,17-20,23-24,27H2,1-3H3,(H,50,51)(H,52,53)/t28-,33-. The number of benzene rings is 3. The lowest BCUT2D eigenvalue weighted by Gasteiger charge is -2.34. The SMILES string of the molecule is CO[C@H]1CC[C@H](COc2ncc(S(=O)(=O)NC(=O)c3ccc(NCCNCC4=C(c5ccc(Cl)cc5)CC(C)(C)CC4)cc3Oc3cccc4[nH]ncc34)cc2Cl)CC1. The Hall–Kier alpha value is -4.66. The number of H-pyrrole nitrogens is 1. The minimum atomic E-state index is -4.40. The first-order valence-electron chi connectivity index (χ1n) is 19.9. The number of anilines is 1. The number of allylic oxidation sites excluding steroid dienone is 1. The van der Waals surface area contributed by atoms with Crippen LogP contribution in [0.25, 0.3) is 16.5 Å². The molecule has 2 heterocycles. The molecule has 15 heteroatoms. The molecular formula is C44H50Cl2N6O6S. The molecule has 0 bridgehead atoms. The van der Waals surface area contributed by atoms with E-state index in [1.165, 1.54) is 28.8 Å². The van der Waals surface area contributed by atoms with Gasteiger partial charge in [-0.3, -0.25) is 9.89 Å². The van der Waals surface area contributed by atoms with Gasteiger partial charge in [0.05, 0.1) is 41.6 Å². The number of amides is 1. The number of ether oxygens (including phenoxy) is 3. The van der Waals surface area contributed by atoms with Crippen LogP contribution in [-0.2, 0) is 14.8 Å². The van der Waals surface area contributed by atoms with Gasteiger partial charge in [0.2, 0.25) is 5.88 Å². The Kier molecular flexibility index (Phi) is 13.5. The molecule has 4 N–H and O–H groups in total. The molecule has 1 fully saturated rings. The number of nitrogens with one attached hydrogen (secondary N) is 4. The van der Waals surface area contributed by atoms with Crippen molar-refractivity contribution >= 4 is 61.3 Å². The first kappa shape index (κ1) is 42.5. The van der Waals surface area contributed by atoms with Crippen molar-refractivity contribution in [1.29, 1.82) is 0 Å². The van der Waals surface area contributed by atoms with Gasteiger partial charge in [-0.25, -0.2) is 18.1 Å². The van der Waals surface area contributed by atoms with E-state index in [0.717, 1.165) is 68.2 Å². The van der Waals surface area contributed by atoms with Crippen LogP contribution in [0, 0.1) is 11.3 Å². The number of aromatic amines is 1. The van der Waals surface area contributed by atoms with Crippen molar-refractivity contribution in [3.05, 3.63) is 106 Å². The second kappa shape index (κ2) is 18.7. The van der Waals surface area contributed by atoms with E-state index in [1.54, 1.807) is 37.6 Å². The minimum Gasteiger partial charge on any atom is -0.476 e. The molecule has 7 rings (SSSR count). The van der Waals surface area contributed by atoms with Crippen LogP contribution in [0.4, 0.5) is 5.69 Å². The number of aromatic nitrogens is 3. The van der Waals surface area contributed by atoms with Crippen LogP contribution >= 0.6 is 23.2 Å². The third-order valence-electron chi connectivity index (χ3n) is 11.1. The maximum Gasteiger partial charge on any atom is 0.268 e. The molecular weight excluding hydrogens is 811 g/mol. The van der Waals surface area contributed by atoms with Crippen LogP contribution in [0.1, 0.15) is 74.7 Å². The summed E-state index contributed by atoms with van der Waals surface area (Å²) in [6.07, 6.45) is 9.98. The summed E-state index contributed by atoms with van der Waals surface area (Å²) in [4.78, 5) is 17.7. The van der Waals surface area contributed by atoms with Crippen LogP contribution < -0.4 is 24.8 Å². The predicted octanol–water partition coefficient (Wildman–Crippen LogP) is 9.43. The quantitative estimate of drug-likeness (QED) is 0.0705. The van der Waals surface area contributed by atoms with Gasteiger partial charge in [0.15, 0.2) is 0 Å². The zero-order chi connectivity index (χ0) is 41.6. The number of pyridine rings is 1. The molecule has 2 aliphatic carbocycles. The Balaban J connectivity index is 1.02. The molecule has 0 aliphatic heterocycles. The van der Waals surface area contributed by atoms with Gasteiger partial charge in [-0.2, -0.15) is 5.10 Å². The van der Waals surface area contributed by atoms with Gasteiger partial charge >= 0.3 is 0 Å². The van der Waals surface area contributed by atoms with Crippen molar-refractivity contribution in [2.75, 3.05) is 38.7 Å². The van der Waals surface area contributed by atoms with Crippen molar-refractivity contribution in [3.63, 3.8) is 0 Å². The van der Waals surface area contributed by atoms with Gasteiger partial charge in [0, 0.05) is 43.5 Å². The number of fused-ring (bicyclic) bond motifs is 1. The van der Waals surface area contributed by atoms with Crippen LogP contribution in [0.2, 0.25) is 10.0 Å². The summed E-state index contributed by atoms with van der Waals surface area (Å²) in [5, 5.41) is 15.5. The third kappa shape index (κ3) is 10.8. The molecule has 0 radical (unpaired) electrons. The smallest absolute Gasteiger partial charge is 0.268 e.